The molecule has 1 heterocycles. The minimum Gasteiger partial charge on any atom is -0.340 e. The molecule has 0 bridgehead atoms. The zero-order valence-corrected chi connectivity index (χ0v) is 12.0. The minimum absolute atomic E-state index is 0.223. The van der Waals surface area contributed by atoms with Crippen molar-refractivity contribution in [2.24, 2.45) is 0 Å². The largest absolute Gasteiger partial charge is 0.340 e. The number of carbonyl (C=O) groups excluding carboxylic acids is 3. The van der Waals surface area contributed by atoms with E-state index < -0.39 is 11.9 Å². The van der Waals surface area contributed by atoms with Gasteiger partial charge < -0.3 is 5.32 Å². The second kappa shape index (κ2) is 5.71. The second-order valence-electron chi connectivity index (χ2n) is 4.11. The summed E-state index contributed by atoms with van der Waals surface area (Å²) in [6, 6.07) is 4.04. The van der Waals surface area contributed by atoms with Crippen LogP contribution in [0.5, 0.6) is 0 Å². The lowest BCUT2D eigenvalue weighted by Gasteiger charge is -2.21. The average molecular weight is 346 g/mol. The highest BCUT2D eigenvalue weighted by Gasteiger charge is 2.28. The first-order valence-corrected chi connectivity index (χ1v) is 6.74. The molecule has 2 rings (SSSR count). The molecule has 1 saturated heterocycles. The van der Waals surface area contributed by atoms with E-state index in [9.17, 15) is 14.4 Å². The number of benzene rings is 1. The molecule has 3 amide bonds. The van der Waals surface area contributed by atoms with Crippen LogP contribution in [0, 0.1) is 0 Å². The zero-order chi connectivity index (χ0) is 14.0. The molecule has 0 aliphatic carbocycles. The Bertz CT molecular complexity index is 562. The maximum atomic E-state index is 12.0. The monoisotopic (exact) mass is 344 g/mol. The predicted octanol–water partition coefficient (Wildman–Crippen LogP) is 1.64. The van der Waals surface area contributed by atoms with Crippen LogP contribution in [-0.4, -0.2) is 23.8 Å². The van der Waals surface area contributed by atoms with Crippen LogP contribution >= 0.6 is 27.5 Å². The molecular formula is C12H10BrClN2O3. The molecule has 100 valence electrons. The van der Waals surface area contributed by atoms with Gasteiger partial charge in [-0.05, 0) is 40.5 Å². The normalized spacial score (nSPS) is 18.9. The summed E-state index contributed by atoms with van der Waals surface area (Å²) >= 11 is 9.06. The second-order valence-corrected chi connectivity index (χ2v) is 5.37. The highest BCUT2D eigenvalue weighted by atomic mass is 79.9. The van der Waals surface area contributed by atoms with Crippen LogP contribution in [0.1, 0.15) is 23.2 Å². The number of halogens is 2. The van der Waals surface area contributed by atoms with Crippen LogP contribution < -0.4 is 10.6 Å². The van der Waals surface area contributed by atoms with E-state index in [4.69, 9.17) is 11.6 Å². The van der Waals surface area contributed by atoms with E-state index in [0.29, 0.717) is 21.5 Å². The summed E-state index contributed by atoms with van der Waals surface area (Å²) in [6.45, 7) is 0. The highest BCUT2D eigenvalue weighted by molar-refractivity contribution is 9.10. The Balaban J connectivity index is 2.06. The van der Waals surface area contributed by atoms with Crippen molar-refractivity contribution in [3.63, 3.8) is 0 Å². The molecule has 1 atom stereocenters. The maximum absolute atomic E-state index is 12.0. The summed E-state index contributed by atoms with van der Waals surface area (Å²) in [4.78, 5) is 34.5. The summed E-state index contributed by atoms with van der Waals surface area (Å²) in [5.41, 5.74) is 0.390. The molecule has 5 nitrogen and oxygen atoms in total. The van der Waals surface area contributed by atoms with Crippen LogP contribution in [0.15, 0.2) is 22.7 Å². The van der Waals surface area contributed by atoms with Crippen molar-refractivity contribution in [3.8, 4) is 0 Å². The Morgan fingerprint density at radius 1 is 1.42 bits per heavy atom. The van der Waals surface area contributed by atoms with Crippen molar-refractivity contribution in [2.45, 2.75) is 18.9 Å². The van der Waals surface area contributed by atoms with Gasteiger partial charge in [0.1, 0.15) is 6.04 Å². The molecule has 1 aromatic carbocycles. The van der Waals surface area contributed by atoms with Gasteiger partial charge in [-0.3, -0.25) is 19.7 Å². The number of amides is 3. The molecular weight excluding hydrogens is 336 g/mol. The fraction of sp³-hybridized carbons (Fsp3) is 0.250. The Labute approximate surface area is 122 Å². The summed E-state index contributed by atoms with van der Waals surface area (Å²) < 4.78 is 0.602. The van der Waals surface area contributed by atoms with Crippen molar-refractivity contribution in [1.29, 1.82) is 0 Å². The number of rotatable bonds is 2. The van der Waals surface area contributed by atoms with Gasteiger partial charge in [0.15, 0.2) is 0 Å². The molecule has 19 heavy (non-hydrogen) atoms. The number of hydrogen-bond donors (Lipinski definition) is 2. The highest BCUT2D eigenvalue weighted by Crippen LogP contribution is 2.23. The number of imide groups is 1. The van der Waals surface area contributed by atoms with E-state index >= 15 is 0 Å². The smallest absolute Gasteiger partial charge is 0.251 e. The maximum Gasteiger partial charge on any atom is 0.251 e. The molecule has 0 radical (unpaired) electrons. The van der Waals surface area contributed by atoms with E-state index in [1.165, 1.54) is 0 Å². The minimum atomic E-state index is -0.681. The number of carbonyl (C=O) groups is 3. The molecule has 1 unspecified atom stereocenters. The van der Waals surface area contributed by atoms with E-state index in [0.717, 1.165) is 0 Å². The molecule has 0 saturated carbocycles. The Morgan fingerprint density at radius 3 is 2.79 bits per heavy atom. The molecule has 7 heteroatoms. The summed E-state index contributed by atoms with van der Waals surface area (Å²) in [7, 11) is 0. The molecule has 1 fully saturated rings. The van der Waals surface area contributed by atoms with Crippen LogP contribution in [0.2, 0.25) is 5.02 Å². The standard InChI is InChI=1S/C12H10BrClN2O3/c13-7-5-6(1-2-8(7)14)11(18)15-9-3-4-10(17)16-12(9)19/h1-2,5,9H,3-4H2,(H,15,18)(H,16,17,19). The Kier molecular flexibility index (Phi) is 4.21. The van der Waals surface area contributed by atoms with Gasteiger partial charge in [-0.2, -0.15) is 0 Å². The molecule has 0 spiro atoms. The van der Waals surface area contributed by atoms with Crippen molar-refractivity contribution < 1.29 is 14.4 Å². The van der Waals surface area contributed by atoms with E-state index in [-0.39, 0.29) is 18.2 Å². The first-order chi connectivity index (χ1) is 8.97. The van der Waals surface area contributed by atoms with Gasteiger partial charge in [-0.1, -0.05) is 11.6 Å². The summed E-state index contributed by atoms with van der Waals surface area (Å²) in [6.07, 6.45) is 0.534. The third-order valence-electron chi connectivity index (χ3n) is 2.73. The number of piperidine rings is 1. The average Bonchev–Trinajstić information content (AvgIpc) is 2.36. The predicted molar refractivity (Wildman–Crippen MR) is 72.8 cm³/mol. The molecule has 1 aliphatic heterocycles. The number of hydrogen-bond acceptors (Lipinski definition) is 3. The van der Waals surface area contributed by atoms with Crippen LogP contribution in [0.25, 0.3) is 0 Å². The lowest BCUT2D eigenvalue weighted by atomic mass is 10.1. The third-order valence-corrected chi connectivity index (χ3v) is 3.94. The van der Waals surface area contributed by atoms with Gasteiger partial charge in [0.25, 0.3) is 5.91 Å². The van der Waals surface area contributed by atoms with Crippen LogP contribution in [0.4, 0.5) is 0 Å². The summed E-state index contributed by atoms with van der Waals surface area (Å²) in [5, 5.41) is 5.27. The molecule has 1 aromatic rings. The fourth-order valence-corrected chi connectivity index (χ4v) is 2.21. The van der Waals surface area contributed by atoms with Crippen molar-refractivity contribution in [3.05, 3.63) is 33.3 Å². The first kappa shape index (κ1) is 14.0. The van der Waals surface area contributed by atoms with Gasteiger partial charge in [0, 0.05) is 16.5 Å². The summed E-state index contributed by atoms with van der Waals surface area (Å²) in [5.74, 6) is -1.17. The topological polar surface area (TPSA) is 75.3 Å². The van der Waals surface area contributed by atoms with E-state index in [1.54, 1.807) is 18.2 Å². The van der Waals surface area contributed by atoms with Gasteiger partial charge >= 0.3 is 0 Å². The van der Waals surface area contributed by atoms with E-state index in [2.05, 4.69) is 26.6 Å². The van der Waals surface area contributed by atoms with Gasteiger partial charge in [0.05, 0.1) is 5.02 Å². The molecule has 0 aromatic heterocycles. The van der Waals surface area contributed by atoms with E-state index in [1.807, 2.05) is 0 Å². The van der Waals surface area contributed by atoms with Gasteiger partial charge in [-0.15, -0.1) is 0 Å². The fourth-order valence-electron chi connectivity index (χ4n) is 1.71. The third kappa shape index (κ3) is 3.33. The molecule has 2 N–H and O–H groups in total. The Morgan fingerprint density at radius 2 is 2.16 bits per heavy atom. The van der Waals surface area contributed by atoms with Gasteiger partial charge in [0.2, 0.25) is 11.8 Å². The lowest BCUT2D eigenvalue weighted by Crippen LogP contribution is -2.52. The number of nitrogens with one attached hydrogen (secondary N) is 2. The van der Waals surface area contributed by atoms with Crippen LogP contribution in [0.3, 0.4) is 0 Å². The van der Waals surface area contributed by atoms with Crippen molar-refractivity contribution in [2.75, 3.05) is 0 Å². The zero-order valence-electron chi connectivity index (χ0n) is 9.70. The van der Waals surface area contributed by atoms with Crippen LogP contribution in [-0.2, 0) is 9.59 Å². The van der Waals surface area contributed by atoms with Crippen molar-refractivity contribution >= 4 is 45.3 Å². The quantitative estimate of drug-likeness (QED) is 0.800. The van der Waals surface area contributed by atoms with Gasteiger partial charge in [-0.25, -0.2) is 0 Å². The molecule has 1 aliphatic rings. The lowest BCUT2D eigenvalue weighted by molar-refractivity contribution is -0.134. The SMILES string of the molecule is O=C1CCC(NC(=O)c2ccc(Cl)c(Br)c2)C(=O)N1. The van der Waals surface area contributed by atoms with Crippen molar-refractivity contribution in [1.82, 2.24) is 10.6 Å². The first-order valence-electron chi connectivity index (χ1n) is 5.57. The Hall–Kier alpha value is -1.40.